The first kappa shape index (κ1) is 13.9. The maximum atomic E-state index is 11.9. The molecule has 5 heteroatoms. The summed E-state index contributed by atoms with van der Waals surface area (Å²) in [6, 6.07) is -1.54. The number of amides is 2. The molecule has 1 saturated carbocycles. The Hall–Kier alpha value is -2.14. The maximum absolute atomic E-state index is 11.9. The third-order valence-electron chi connectivity index (χ3n) is 2.66. The molecule has 96 valence electrons. The van der Waals surface area contributed by atoms with E-state index in [1.54, 1.807) is 0 Å². The summed E-state index contributed by atoms with van der Waals surface area (Å²) in [5.74, 6) is 3.96. The van der Waals surface area contributed by atoms with Crippen LogP contribution in [0.4, 0.5) is 4.79 Å². The van der Waals surface area contributed by atoms with Crippen LogP contribution in [0.25, 0.3) is 0 Å². The van der Waals surface area contributed by atoms with Gasteiger partial charge in [0.05, 0.1) is 6.54 Å². The zero-order valence-electron chi connectivity index (χ0n) is 10.1. The number of carbonyl (C=O) groups excluding carboxylic acids is 1. The van der Waals surface area contributed by atoms with E-state index in [2.05, 4.69) is 17.2 Å². The molecule has 1 fully saturated rings. The highest BCUT2D eigenvalue weighted by Gasteiger charge is 2.28. The van der Waals surface area contributed by atoms with Gasteiger partial charge in [-0.25, -0.2) is 9.59 Å². The molecular weight excluding hydrogens is 232 g/mol. The zero-order valence-corrected chi connectivity index (χ0v) is 10.1. The molecule has 0 radical (unpaired) electrons. The fourth-order valence-corrected chi connectivity index (χ4v) is 1.50. The van der Waals surface area contributed by atoms with Gasteiger partial charge >= 0.3 is 12.0 Å². The number of hydrogen-bond acceptors (Lipinski definition) is 2. The van der Waals surface area contributed by atoms with Crippen LogP contribution in [0, 0.1) is 30.6 Å². The first-order chi connectivity index (χ1) is 8.58. The monoisotopic (exact) mass is 248 g/mol. The molecule has 18 heavy (non-hydrogen) atoms. The number of carboxylic acids is 1. The fourth-order valence-electron chi connectivity index (χ4n) is 1.50. The highest BCUT2D eigenvalue weighted by Crippen LogP contribution is 2.29. The number of carbonyl (C=O) groups is 2. The van der Waals surface area contributed by atoms with Crippen LogP contribution in [-0.4, -0.2) is 41.1 Å². The van der Waals surface area contributed by atoms with Gasteiger partial charge in [-0.15, -0.1) is 18.8 Å². The minimum absolute atomic E-state index is 0.0472. The predicted molar refractivity (Wildman–Crippen MR) is 66.5 cm³/mol. The normalized spacial score (nSPS) is 15.0. The third kappa shape index (κ3) is 4.39. The van der Waals surface area contributed by atoms with Crippen molar-refractivity contribution in [2.45, 2.75) is 25.3 Å². The molecule has 1 aliphatic carbocycles. The quantitative estimate of drug-likeness (QED) is 0.673. The molecule has 0 aromatic rings. The van der Waals surface area contributed by atoms with E-state index in [4.69, 9.17) is 18.0 Å². The van der Waals surface area contributed by atoms with E-state index in [1.807, 2.05) is 0 Å². The third-order valence-corrected chi connectivity index (χ3v) is 2.66. The van der Waals surface area contributed by atoms with Gasteiger partial charge in [-0.05, 0) is 18.8 Å². The highest BCUT2D eigenvalue weighted by molar-refractivity contribution is 5.83. The summed E-state index contributed by atoms with van der Waals surface area (Å²) in [5.41, 5.74) is 0. The van der Waals surface area contributed by atoms with Crippen molar-refractivity contribution in [3.05, 3.63) is 0 Å². The van der Waals surface area contributed by atoms with Gasteiger partial charge in [-0.2, -0.15) is 0 Å². The molecule has 0 bridgehead atoms. The van der Waals surface area contributed by atoms with E-state index in [-0.39, 0.29) is 13.0 Å². The van der Waals surface area contributed by atoms with Crippen molar-refractivity contribution in [1.82, 2.24) is 10.2 Å². The molecule has 0 aliphatic heterocycles. The second-order valence-electron chi connectivity index (χ2n) is 4.28. The van der Waals surface area contributed by atoms with Crippen molar-refractivity contribution < 1.29 is 14.7 Å². The molecule has 0 heterocycles. The minimum Gasteiger partial charge on any atom is -0.480 e. The number of terminal acetylenes is 2. The number of urea groups is 1. The van der Waals surface area contributed by atoms with Crippen LogP contribution in [0.5, 0.6) is 0 Å². The summed E-state index contributed by atoms with van der Waals surface area (Å²) >= 11 is 0. The lowest BCUT2D eigenvalue weighted by molar-refractivity contribution is -0.139. The summed E-state index contributed by atoms with van der Waals surface area (Å²) < 4.78 is 0. The van der Waals surface area contributed by atoms with Gasteiger partial charge in [-0.1, -0.05) is 5.92 Å². The number of carboxylic acid groups (broad SMARTS) is 1. The van der Waals surface area contributed by atoms with Crippen molar-refractivity contribution in [1.29, 1.82) is 0 Å². The summed E-state index contributed by atoms with van der Waals surface area (Å²) in [4.78, 5) is 24.2. The topological polar surface area (TPSA) is 69.6 Å². The van der Waals surface area contributed by atoms with Gasteiger partial charge in [0.2, 0.25) is 0 Å². The van der Waals surface area contributed by atoms with Crippen molar-refractivity contribution in [3.8, 4) is 24.7 Å². The fraction of sp³-hybridized carbons (Fsp3) is 0.538. The predicted octanol–water partition coefficient (Wildman–Crippen LogP) is 0.518. The smallest absolute Gasteiger partial charge is 0.327 e. The Morgan fingerprint density at radius 2 is 2.06 bits per heavy atom. The Morgan fingerprint density at radius 1 is 1.39 bits per heavy atom. The number of nitrogens with zero attached hydrogens (tertiary/aromatic N) is 1. The van der Waals surface area contributed by atoms with E-state index < -0.39 is 18.0 Å². The van der Waals surface area contributed by atoms with Crippen LogP contribution in [0.1, 0.15) is 19.3 Å². The van der Waals surface area contributed by atoms with E-state index >= 15 is 0 Å². The molecule has 1 unspecified atom stereocenters. The molecule has 5 nitrogen and oxygen atoms in total. The van der Waals surface area contributed by atoms with E-state index in [0.29, 0.717) is 12.5 Å². The van der Waals surface area contributed by atoms with Gasteiger partial charge < -0.3 is 15.3 Å². The standard InChI is InChI=1S/C13H16N2O3/c1-3-5-11(12(16)17)14-13(18)15(8-4-2)9-10-6-7-10/h1-2,10-11H,5-9H2,(H,14,18)(H,16,17). The Balaban J connectivity index is 2.55. The van der Waals surface area contributed by atoms with Gasteiger partial charge in [0.1, 0.15) is 6.04 Å². The van der Waals surface area contributed by atoms with Gasteiger partial charge in [-0.3, -0.25) is 0 Å². The Labute approximate surface area is 107 Å². The maximum Gasteiger partial charge on any atom is 0.327 e. The van der Waals surface area contributed by atoms with Gasteiger partial charge in [0.15, 0.2) is 0 Å². The van der Waals surface area contributed by atoms with Crippen molar-refractivity contribution in [2.75, 3.05) is 13.1 Å². The summed E-state index contributed by atoms with van der Waals surface area (Å²) in [7, 11) is 0. The van der Waals surface area contributed by atoms with Crippen molar-refractivity contribution >= 4 is 12.0 Å². The van der Waals surface area contributed by atoms with E-state index in [1.165, 1.54) is 4.90 Å². The average molecular weight is 248 g/mol. The van der Waals surface area contributed by atoms with Crippen LogP contribution >= 0.6 is 0 Å². The largest absolute Gasteiger partial charge is 0.480 e. The van der Waals surface area contributed by atoms with E-state index in [9.17, 15) is 9.59 Å². The zero-order chi connectivity index (χ0) is 13.5. The number of hydrogen-bond donors (Lipinski definition) is 2. The lowest BCUT2D eigenvalue weighted by atomic mass is 10.2. The molecule has 1 atom stereocenters. The molecule has 0 spiro atoms. The van der Waals surface area contributed by atoms with Crippen LogP contribution in [0.3, 0.4) is 0 Å². The van der Waals surface area contributed by atoms with Crippen LogP contribution in [0.15, 0.2) is 0 Å². The van der Waals surface area contributed by atoms with Crippen LogP contribution < -0.4 is 5.32 Å². The molecule has 1 aliphatic rings. The lowest BCUT2D eigenvalue weighted by Crippen LogP contribution is -2.48. The second-order valence-corrected chi connectivity index (χ2v) is 4.28. The van der Waals surface area contributed by atoms with Crippen molar-refractivity contribution in [2.24, 2.45) is 5.92 Å². The summed E-state index contributed by atoms with van der Waals surface area (Å²) in [5, 5.41) is 11.3. The Morgan fingerprint density at radius 3 is 2.50 bits per heavy atom. The number of aliphatic carboxylic acids is 1. The van der Waals surface area contributed by atoms with Crippen molar-refractivity contribution in [3.63, 3.8) is 0 Å². The molecule has 2 amide bonds. The summed E-state index contributed by atoms with van der Waals surface area (Å²) in [6.45, 7) is 0.739. The highest BCUT2D eigenvalue weighted by atomic mass is 16.4. The number of rotatable bonds is 6. The average Bonchev–Trinajstić information content (AvgIpc) is 3.11. The molecule has 0 aromatic carbocycles. The molecule has 1 rings (SSSR count). The van der Waals surface area contributed by atoms with E-state index in [0.717, 1.165) is 12.8 Å². The lowest BCUT2D eigenvalue weighted by Gasteiger charge is -2.22. The van der Waals surface area contributed by atoms with Crippen LogP contribution in [0.2, 0.25) is 0 Å². The SMILES string of the molecule is C#CCC(NC(=O)N(CC#C)CC1CC1)C(=O)O. The van der Waals surface area contributed by atoms with Crippen LogP contribution in [-0.2, 0) is 4.79 Å². The van der Waals surface area contributed by atoms with Gasteiger partial charge in [0.25, 0.3) is 0 Å². The first-order valence-corrected chi connectivity index (χ1v) is 5.73. The molecule has 0 saturated heterocycles. The second kappa shape index (κ2) is 6.56. The minimum atomic E-state index is -1.15. The Bertz CT molecular complexity index is 401. The molecular formula is C13H16N2O3. The van der Waals surface area contributed by atoms with Gasteiger partial charge in [0, 0.05) is 13.0 Å². The first-order valence-electron chi connectivity index (χ1n) is 5.73. The Kier molecular flexibility index (Phi) is 5.07. The number of nitrogens with one attached hydrogen (secondary N) is 1. The summed E-state index contributed by atoms with van der Waals surface area (Å²) in [6.07, 6.45) is 12.4. The molecule has 0 aromatic heterocycles. The molecule has 2 N–H and O–H groups in total.